The molecule has 2 heteroatoms. The summed E-state index contributed by atoms with van der Waals surface area (Å²) in [4.78, 5) is 0. The van der Waals surface area contributed by atoms with Gasteiger partial charge in [0.15, 0.2) is 0 Å². The highest BCUT2D eigenvalue weighted by molar-refractivity contribution is 5.18. The Morgan fingerprint density at radius 1 is 1.50 bits per heavy atom. The van der Waals surface area contributed by atoms with Gasteiger partial charge in [0.2, 0.25) is 0 Å². The second-order valence-electron chi connectivity index (χ2n) is 3.20. The first-order chi connectivity index (χ1) is 4.87. The summed E-state index contributed by atoms with van der Waals surface area (Å²) in [5.74, 6) is 0. The molecular weight excluding hydrogens is 128 g/mol. The molecule has 1 N–H and O–H groups in total. The third-order valence-electron chi connectivity index (χ3n) is 2.54. The number of rotatable bonds is 2. The first kappa shape index (κ1) is 6.62. The molecule has 10 heavy (non-hydrogen) atoms. The van der Waals surface area contributed by atoms with Gasteiger partial charge in [-0.1, -0.05) is 12.8 Å². The smallest absolute Gasteiger partial charge is 0.130 e. The zero-order valence-corrected chi connectivity index (χ0v) is 6.10. The van der Waals surface area contributed by atoms with E-state index in [1.54, 1.807) is 0 Å². The van der Waals surface area contributed by atoms with E-state index in [1.165, 1.54) is 18.9 Å². The lowest BCUT2D eigenvalue weighted by Gasteiger charge is -2.14. The first-order valence-corrected chi connectivity index (χ1v) is 4.04. The summed E-state index contributed by atoms with van der Waals surface area (Å²) in [5.41, 5.74) is 0.0625. The van der Waals surface area contributed by atoms with Gasteiger partial charge >= 0.3 is 0 Å². The zero-order chi connectivity index (χ0) is 7.03. The standard InChI is InChI=1S/C8H13O2/c9-6-5-8-4-2-1-3-7(8)10-8/h9H,1-6H2. The van der Waals surface area contributed by atoms with Crippen LogP contribution in [0.3, 0.4) is 0 Å². The normalized spacial score (nSPS) is 39.3. The predicted octanol–water partition coefficient (Wildman–Crippen LogP) is 1.24. The van der Waals surface area contributed by atoms with Crippen LogP contribution in [0.2, 0.25) is 0 Å². The van der Waals surface area contributed by atoms with Gasteiger partial charge in [0.25, 0.3) is 0 Å². The Labute approximate surface area is 61.2 Å². The third-order valence-corrected chi connectivity index (χ3v) is 2.54. The fourth-order valence-electron chi connectivity index (χ4n) is 1.87. The van der Waals surface area contributed by atoms with E-state index in [1.807, 2.05) is 0 Å². The summed E-state index contributed by atoms with van der Waals surface area (Å²) in [6.07, 6.45) is 6.91. The molecule has 0 bridgehead atoms. The molecule has 1 heterocycles. The second kappa shape index (κ2) is 2.21. The topological polar surface area (TPSA) is 32.8 Å². The molecule has 2 fully saturated rings. The van der Waals surface area contributed by atoms with Crippen LogP contribution in [0.5, 0.6) is 0 Å². The molecule has 0 aromatic carbocycles. The van der Waals surface area contributed by atoms with E-state index in [-0.39, 0.29) is 12.2 Å². The lowest BCUT2D eigenvalue weighted by molar-refractivity contribution is 0.205. The molecule has 2 aliphatic rings. The van der Waals surface area contributed by atoms with Crippen molar-refractivity contribution in [2.75, 3.05) is 6.61 Å². The number of fused-ring (bicyclic) bond motifs is 1. The maximum atomic E-state index is 8.72. The van der Waals surface area contributed by atoms with E-state index in [9.17, 15) is 0 Å². The molecule has 0 amide bonds. The van der Waals surface area contributed by atoms with Gasteiger partial charge in [0.1, 0.15) is 11.7 Å². The van der Waals surface area contributed by atoms with Crippen molar-refractivity contribution in [1.82, 2.24) is 0 Å². The molecule has 1 saturated heterocycles. The summed E-state index contributed by atoms with van der Waals surface area (Å²) in [6.45, 7) is 0.267. The van der Waals surface area contributed by atoms with Crippen molar-refractivity contribution in [3.8, 4) is 0 Å². The monoisotopic (exact) mass is 141 g/mol. The average molecular weight is 141 g/mol. The quantitative estimate of drug-likeness (QED) is 0.587. The summed E-state index contributed by atoms with van der Waals surface area (Å²) < 4.78 is 5.46. The summed E-state index contributed by atoms with van der Waals surface area (Å²) in [7, 11) is 0. The van der Waals surface area contributed by atoms with Crippen LogP contribution in [0.15, 0.2) is 0 Å². The highest BCUT2D eigenvalue weighted by atomic mass is 16.6. The average Bonchev–Trinajstić information content (AvgIpc) is 2.62. The minimum Gasteiger partial charge on any atom is -0.396 e. The predicted molar refractivity (Wildman–Crippen MR) is 37.2 cm³/mol. The largest absolute Gasteiger partial charge is 0.396 e. The van der Waals surface area contributed by atoms with Gasteiger partial charge in [-0.15, -0.1) is 0 Å². The summed E-state index contributed by atoms with van der Waals surface area (Å²) in [5, 5.41) is 8.72. The number of ether oxygens (including phenoxy) is 1. The van der Waals surface area contributed by atoms with Crippen LogP contribution >= 0.6 is 0 Å². The van der Waals surface area contributed by atoms with Gasteiger partial charge in [-0.2, -0.15) is 0 Å². The Balaban J connectivity index is 1.92. The maximum Gasteiger partial charge on any atom is 0.130 e. The van der Waals surface area contributed by atoms with Crippen LogP contribution in [0.25, 0.3) is 0 Å². The molecule has 0 spiro atoms. The molecule has 1 radical (unpaired) electrons. The fourth-order valence-corrected chi connectivity index (χ4v) is 1.87. The van der Waals surface area contributed by atoms with Crippen molar-refractivity contribution in [2.45, 2.75) is 37.7 Å². The van der Waals surface area contributed by atoms with E-state index in [0.29, 0.717) is 0 Å². The second-order valence-corrected chi connectivity index (χ2v) is 3.20. The number of epoxide rings is 1. The molecule has 57 valence electrons. The molecule has 1 saturated carbocycles. The number of hydrogen-bond acceptors (Lipinski definition) is 2. The third kappa shape index (κ3) is 0.867. The van der Waals surface area contributed by atoms with E-state index in [4.69, 9.17) is 9.84 Å². The van der Waals surface area contributed by atoms with Crippen molar-refractivity contribution in [1.29, 1.82) is 0 Å². The van der Waals surface area contributed by atoms with Crippen LogP contribution < -0.4 is 0 Å². The van der Waals surface area contributed by atoms with Gasteiger partial charge in [-0.25, -0.2) is 0 Å². The van der Waals surface area contributed by atoms with E-state index in [0.717, 1.165) is 19.3 Å². The number of hydrogen-bond donors (Lipinski definition) is 1. The Hall–Kier alpha value is -0.0800. The van der Waals surface area contributed by atoms with Gasteiger partial charge < -0.3 is 9.84 Å². The molecule has 1 aliphatic heterocycles. The van der Waals surface area contributed by atoms with Gasteiger partial charge in [0, 0.05) is 13.0 Å². The van der Waals surface area contributed by atoms with Crippen molar-refractivity contribution in [3.63, 3.8) is 0 Å². The van der Waals surface area contributed by atoms with Gasteiger partial charge in [-0.3, -0.25) is 0 Å². The van der Waals surface area contributed by atoms with E-state index in [2.05, 4.69) is 0 Å². The Kier molecular flexibility index (Phi) is 1.46. The summed E-state index contributed by atoms with van der Waals surface area (Å²) in [6, 6.07) is 0. The van der Waals surface area contributed by atoms with Crippen molar-refractivity contribution in [2.24, 2.45) is 0 Å². The van der Waals surface area contributed by atoms with Crippen LogP contribution in [-0.2, 0) is 4.74 Å². The van der Waals surface area contributed by atoms with Crippen LogP contribution in [0.1, 0.15) is 32.1 Å². The van der Waals surface area contributed by atoms with E-state index >= 15 is 0 Å². The molecule has 1 aliphatic carbocycles. The zero-order valence-electron chi connectivity index (χ0n) is 6.10. The van der Waals surface area contributed by atoms with Crippen LogP contribution in [0, 0.1) is 6.10 Å². The molecule has 0 aromatic rings. The molecule has 0 aromatic heterocycles. The first-order valence-electron chi connectivity index (χ1n) is 4.04. The van der Waals surface area contributed by atoms with Crippen molar-refractivity contribution < 1.29 is 9.84 Å². The Bertz CT molecular complexity index is 131. The van der Waals surface area contributed by atoms with Crippen molar-refractivity contribution >= 4 is 0 Å². The lowest BCUT2D eigenvalue weighted by atomic mass is 9.87. The molecule has 1 atom stereocenters. The van der Waals surface area contributed by atoms with Gasteiger partial charge in [0.05, 0.1) is 0 Å². The SMILES string of the molecule is OCCC12CCCC[C]1O2. The summed E-state index contributed by atoms with van der Waals surface area (Å²) >= 11 is 0. The number of aliphatic hydroxyl groups excluding tert-OH is 1. The number of aliphatic hydroxyl groups is 1. The molecular formula is C8H13O2. The highest BCUT2D eigenvalue weighted by Crippen LogP contribution is 2.55. The van der Waals surface area contributed by atoms with Crippen molar-refractivity contribution in [3.05, 3.63) is 6.10 Å². The lowest BCUT2D eigenvalue weighted by Crippen LogP contribution is -2.17. The Morgan fingerprint density at radius 2 is 2.40 bits per heavy atom. The van der Waals surface area contributed by atoms with E-state index < -0.39 is 0 Å². The highest BCUT2D eigenvalue weighted by Gasteiger charge is 2.57. The van der Waals surface area contributed by atoms with Crippen LogP contribution in [-0.4, -0.2) is 17.3 Å². The fraction of sp³-hybridized carbons (Fsp3) is 0.875. The van der Waals surface area contributed by atoms with Gasteiger partial charge in [-0.05, 0) is 12.8 Å². The minimum atomic E-state index is 0.0625. The van der Waals surface area contributed by atoms with Crippen LogP contribution in [0.4, 0.5) is 0 Å². The molecule has 2 rings (SSSR count). The maximum absolute atomic E-state index is 8.72. The minimum absolute atomic E-state index is 0.0625. The molecule has 1 unspecified atom stereocenters. The Morgan fingerprint density at radius 3 is 3.10 bits per heavy atom. The molecule has 2 nitrogen and oxygen atoms in total.